The smallest absolute Gasteiger partial charge is 0.223 e. The highest BCUT2D eigenvalue weighted by Crippen LogP contribution is 2.31. The van der Waals surface area contributed by atoms with Gasteiger partial charge in [0.15, 0.2) is 11.5 Å². The number of piperidine rings is 1. The minimum absolute atomic E-state index is 0.0495. The van der Waals surface area contributed by atoms with Gasteiger partial charge in [0.05, 0.1) is 19.3 Å². The van der Waals surface area contributed by atoms with Crippen LogP contribution in [0.2, 0.25) is 0 Å². The molecule has 1 atom stereocenters. The maximum atomic E-state index is 12.5. The van der Waals surface area contributed by atoms with Gasteiger partial charge in [0.2, 0.25) is 5.91 Å². The zero-order valence-corrected chi connectivity index (χ0v) is 15.8. The first-order chi connectivity index (χ1) is 12.2. The Morgan fingerprint density at radius 3 is 2.44 bits per heavy atom. The second kappa shape index (κ2) is 10.3. The third-order valence-electron chi connectivity index (χ3n) is 4.46. The van der Waals surface area contributed by atoms with Crippen molar-refractivity contribution in [2.24, 2.45) is 5.92 Å². The number of hydrogen-bond donors (Lipinski definition) is 2. The van der Waals surface area contributed by atoms with Crippen molar-refractivity contribution in [2.45, 2.75) is 52.5 Å². The molecule has 2 N–H and O–H groups in total. The van der Waals surface area contributed by atoms with Crippen LogP contribution in [-0.4, -0.2) is 32.2 Å². The van der Waals surface area contributed by atoms with Crippen molar-refractivity contribution in [3.63, 3.8) is 0 Å². The van der Waals surface area contributed by atoms with Crippen LogP contribution in [0, 0.1) is 5.92 Å². The van der Waals surface area contributed by atoms with E-state index in [0.29, 0.717) is 13.2 Å². The van der Waals surface area contributed by atoms with Gasteiger partial charge >= 0.3 is 0 Å². The van der Waals surface area contributed by atoms with Gasteiger partial charge in [-0.1, -0.05) is 19.9 Å². The van der Waals surface area contributed by atoms with Crippen molar-refractivity contribution in [1.82, 2.24) is 10.6 Å². The molecule has 0 radical (unpaired) electrons. The third-order valence-corrected chi connectivity index (χ3v) is 4.46. The Hall–Kier alpha value is -1.75. The number of carbonyl (C=O) groups excluding carboxylic acids is 1. The minimum atomic E-state index is -0.0495. The topological polar surface area (TPSA) is 59.6 Å². The fourth-order valence-corrected chi connectivity index (χ4v) is 2.95. The van der Waals surface area contributed by atoms with Crippen molar-refractivity contribution in [1.29, 1.82) is 0 Å². The van der Waals surface area contributed by atoms with E-state index in [1.54, 1.807) is 0 Å². The molecule has 1 saturated heterocycles. The van der Waals surface area contributed by atoms with Crippen LogP contribution in [-0.2, 0) is 4.79 Å². The molecule has 1 aromatic carbocycles. The van der Waals surface area contributed by atoms with Crippen LogP contribution in [0.3, 0.4) is 0 Å². The maximum Gasteiger partial charge on any atom is 0.223 e. The van der Waals surface area contributed by atoms with E-state index in [4.69, 9.17) is 9.47 Å². The molecule has 5 heteroatoms. The van der Waals surface area contributed by atoms with Gasteiger partial charge in [-0.3, -0.25) is 4.79 Å². The van der Waals surface area contributed by atoms with E-state index in [2.05, 4.69) is 24.5 Å². The summed E-state index contributed by atoms with van der Waals surface area (Å²) in [6.07, 6.45) is 3.72. The highest BCUT2D eigenvalue weighted by atomic mass is 16.5. The number of hydrogen-bond acceptors (Lipinski definition) is 4. The molecule has 0 saturated carbocycles. The zero-order valence-electron chi connectivity index (χ0n) is 15.8. The molecule has 140 valence electrons. The number of benzene rings is 1. The molecule has 0 spiro atoms. The molecule has 1 heterocycles. The molecule has 1 aromatic rings. The fourth-order valence-electron chi connectivity index (χ4n) is 2.95. The van der Waals surface area contributed by atoms with Crippen molar-refractivity contribution < 1.29 is 14.3 Å². The number of ether oxygens (including phenoxy) is 2. The van der Waals surface area contributed by atoms with Crippen LogP contribution in [0.5, 0.6) is 11.5 Å². The molecular formula is C20H32N2O3. The lowest BCUT2D eigenvalue weighted by Gasteiger charge is -2.24. The van der Waals surface area contributed by atoms with E-state index in [1.807, 2.05) is 25.1 Å². The Labute approximate surface area is 151 Å². The molecule has 1 aliphatic rings. The van der Waals surface area contributed by atoms with E-state index in [1.165, 1.54) is 0 Å². The van der Waals surface area contributed by atoms with Crippen LogP contribution >= 0.6 is 0 Å². The van der Waals surface area contributed by atoms with Crippen LogP contribution in [0.1, 0.15) is 58.1 Å². The van der Waals surface area contributed by atoms with E-state index >= 15 is 0 Å². The standard InChI is InChI=1S/C20H32N2O3/c1-4-12-24-18-7-6-17(14-19(18)25-13-5-2)15(3)22-20(23)16-8-10-21-11-9-16/h6-7,14-16,21H,4-5,8-13H2,1-3H3,(H,22,23). The van der Waals surface area contributed by atoms with Crippen molar-refractivity contribution in [2.75, 3.05) is 26.3 Å². The van der Waals surface area contributed by atoms with Gasteiger partial charge in [-0.2, -0.15) is 0 Å². The van der Waals surface area contributed by atoms with E-state index in [-0.39, 0.29) is 17.9 Å². The molecule has 25 heavy (non-hydrogen) atoms. The summed E-state index contributed by atoms with van der Waals surface area (Å²) < 4.78 is 11.6. The van der Waals surface area contributed by atoms with E-state index < -0.39 is 0 Å². The first kappa shape index (κ1) is 19.6. The van der Waals surface area contributed by atoms with E-state index in [0.717, 1.165) is 55.8 Å². The Balaban J connectivity index is 2.04. The van der Waals surface area contributed by atoms with Gasteiger partial charge in [-0.05, 0) is 63.4 Å². The van der Waals surface area contributed by atoms with Gasteiger partial charge < -0.3 is 20.1 Å². The SMILES string of the molecule is CCCOc1ccc(C(C)NC(=O)C2CCNCC2)cc1OCCC. The summed E-state index contributed by atoms with van der Waals surface area (Å²) in [7, 11) is 0. The molecule has 0 aliphatic carbocycles. The Morgan fingerprint density at radius 1 is 1.16 bits per heavy atom. The Morgan fingerprint density at radius 2 is 1.80 bits per heavy atom. The molecule has 1 unspecified atom stereocenters. The fraction of sp³-hybridized carbons (Fsp3) is 0.650. The second-order valence-electron chi connectivity index (χ2n) is 6.66. The van der Waals surface area contributed by atoms with Crippen LogP contribution in [0.15, 0.2) is 18.2 Å². The number of carbonyl (C=O) groups is 1. The third kappa shape index (κ3) is 5.92. The van der Waals surface area contributed by atoms with Crippen molar-refractivity contribution in [3.05, 3.63) is 23.8 Å². The Kier molecular flexibility index (Phi) is 8.06. The Bertz CT molecular complexity index is 542. The summed E-state index contributed by atoms with van der Waals surface area (Å²) in [6.45, 7) is 9.35. The predicted molar refractivity (Wildman–Crippen MR) is 100 cm³/mol. The molecule has 2 rings (SSSR count). The minimum Gasteiger partial charge on any atom is -0.490 e. The lowest BCUT2D eigenvalue weighted by molar-refractivity contribution is -0.126. The number of amides is 1. The quantitative estimate of drug-likeness (QED) is 0.718. The van der Waals surface area contributed by atoms with Gasteiger partial charge in [-0.25, -0.2) is 0 Å². The zero-order chi connectivity index (χ0) is 18.1. The molecule has 1 fully saturated rings. The van der Waals surface area contributed by atoms with Gasteiger partial charge in [-0.15, -0.1) is 0 Å². The molecule has 0 bridgehead atoms. The van der Waals surface area contributed by atoms with Crippen LogP contribution < -0.4 is 20.1 Å². The van der Waals surface area contributed by atoms with Crippen molar-refractivity contribution in [3.8, 4) is 11.5 Å². The first-order valence-electron chi connectivity index (χ1n) is 9.56. The highest BCUT2D eigenvalue weighted by molar-refractivity contribution is 5.79. The van der Waals surface area contributed by atoms with Crippen LogP contribution in [0.4, 0.5) is 0 Å². The average Bonchev–Trinajstić information content (AvgIpc) is 2.65. The van der Waals surface area contributed by atoms with Gasteiger partial charge in [0.25, 0.3) is 0 Å². The molecule has 1 amide bonds. The van der Waals surface area contributed by atoms with Crippen LogP contribution in [0.25, 0.3) is 0 Å². The monoisotopic (exact) mass is 348 g/mol. The summed E-state index contributed by atoms with van der Waals surface area (Å²) in [6, 6.07) is 5.90. The molecule has 5 nitrogen and oxygen atoms in total. The molecular weight excluding hydrogens is 316 g/mol. The lowest BCUT2D eigenvalue weighted by Crippen LogP contribution is -2.39. The average molecular weight is 348 g/mol. The lowest BCUT2D eigenvalue weighted by atomic mass is 9.96. The van der Waals surface area contributed by atoms with Gasteiger partial charge in [0.1, 0.15) is 0 Å². The van der Waals surface area contributed by atoms with E-state index in [9.17, 15) is 4.79 Å². The summed E-state index contributed by atoms with van der Waals surface area (Å²) in [5.74, 6) is 1.80. The molecule has 0 aromatic heterocycles. The summed E-state index contributed by atoms with van der Waals surface area (Å²) in [5, 5.41) is 6.44. The molecule has 1 aliphatic heterocycles. The summed E-state index contributed by atoms with van der Waals surface area (Å²) >= 11 is 0. The highest BCUT2D eigenvalue weighted by Gasteiger charge is 2.22. The summed E-state index contributed by atoms with van der Waals surface area (Å²) in [4.78, 5) is 12.5. The second-order valence-corrected chi connectivity index (χ2v) is 6.66. The van der Waals surface area contributed by atoms with Crippen molar-refractivity contribution >= 4 is 5.91 Å². The number of rotatable bonds is 9. The largest absolute Gasteiger partial charge is 0.490 e. The predicted octanol–water partition coefficient (Wildman–Crippen LogP) is 3.44. The van der Waals surface area contributed by atoms with Gasteiger partial charge in [0, 0.05) is 5.92 Å². The maximum absolute atomic E-state index is 12.5. The first-order valence-corrected chi connectivity index (χ1v) is 9.56. The number of nitrogens with one attached hydrogen (secondary N) is 2. The summed E-state index contributed by atoms with van der Waals surface area (Å²) in [5.41, 5.74) is 1.04. The normalized spacial score (nSPS) is 16.3.